The first-order valence-electron chi connectivity index (χ1n) is 10.3. The molecular formula is C20H31N5O3. The third kappa shape index (κ3) is 5.13. The minimum absolute atomic E-state index is 0.0648. The third-order valence-electron chi connectivity index (χ3n) is 5.53. The summed E-state index contributed by atoms with van der Waals surface area (Å²) in [6.45, 7) is 10.6. The Kier molecular flexibility index (Phi) is 7.08. The Bertz CT molecular complexity index is 668. The van der Waals surface area contributed by atoms with Crippen molar-refractivity contribution in [2.24, 2.45) is 0 Å². The first kappa shape index (κ1) is 20.4. The number of likely N-dealkylation sites (tertiary alicyclic amines) is 1. The number of rotatable bonds is 5. The number of amides is 2. The largest absolute Gasteiger partial charge is 0.450 e. The molecule has 28 heavy (non-hydrogen) atoms. The molecule has 0 unspecified atom stereocenters. The molecule has 2 fully saturated rings. The van der Waals surface area contributed by atoms with Gasteiger partial charge in [-0.25, -0.2) is 4.79 Å². The van der Waals surface area contributed by atoms with E-state index in [4.69, 9.17) is 4.74 Å². The summed E-state index contributed by atoms with van der Waals surface area (Å²) in [6, 6.07) is 1.99. The zero-order valence-corrected chi connectivity index (χ0v) is 16.9. The predicted molar refractivity (Wildman–Crippen MR) is 108 cm³/mol. The zero-order valence-electron chi connectivity index (χ0n) is 16.9. The molecular weight excluding hydrogens is 358 g/mol. The van der Waals surface area contributed by atoms with Crippen LogP contribution < -0.4 is 10.2 Å². The monoisotopic (exact) mass is 389 g/mol. The second kappa shape index (κ2) is 9.73. The lowest BCUT2D eigenvalue weighted by Gasteiger charge is -2.35. The highest BCUT2D eigenvalue weighted by Crippen LogP contribution is 2.18. The number of hydrogen-bond donors (Lipinski definition) is 1. The lowest BCUT2D eigenvalue weighted by molar-refractivity contribution is 0.0860. The Labute approximate surface area is 166 Å². The summed E-state index contributed by atoms with van der Waals surface area (Å²) in [5.74, 6) is -0.101. The lowest BCUT2D eigenvalue weighted by Crippen LogP contribution is -2.47. The average molecular weight is 390 g/mol. The van der Waals surface area contributed by atoms with Crippen molar-refractivity contribution < 1.29 is 14.3 Å². The summed E-state index contributed by atoms with van der Waals surface area (Å²) in [4.78, 5) is 35.1. The van der Waals surface area contributed by atoms with Crippen LogP contribution in [0.4, 0.5) is 10.5 Å². The van der Waals surface area contributed by atoms with Crippen molar-refractivity contribution >= 4 is 17.7 Å². The topological polar surface area (TPSA) is 78.0 Å². The van der Waals surface area contributed by atoms with Gasteiger partial charge in [-0.05, 0) is 32.4 Å². The Morgan fingerprint density at radius 3 is 2.46 bits per heavy atom. The molecule has 0 saturated carbocycles. The number of piperidine rings is 1. The van der Waals surface area contributed by atoms with Gasteiger partial charge >= 0.3 is 6.09 Å². The van der Waals surface area contributed by atoms with Gasteiger partial charge in [-0.15, -0.1) is 0 Å². The molecule has 154 valence electrons. The molecule has 1 N–H and O–H groups in total. The van der Waals surface area contributed by atoms with E-state index in [9.17, 15) is 9.59 Å². The number of nitrogens with one attached hydrogen (secondary N) is 1. The Morgan fingerprint density at radius 1 is 1.11 bits per heavy atom. The molecule has 0 aromatic carbocycles. The van der Waals surface area contributed by atoms with Crippen LogP contribution in [0.3, 0.4) is 0 Å². The van der Waals surface area contributed by atoms with Gasteiger partial charge in [0, 0.05) is 51.5 Å². The molecule has 0 bridgehead atoms. The number of ether oxygens (including phenoxy) is 1. The van der Waals surface area contributed by atoms with Gasteiger partial charge in [0.1, 0.15) is 0 Å². The van der Waals surface area contributed by atoms with Crippen LogP contribution in [0.5, 0.6) is 0 Å². The predicted octanol–water partition coefficient (Wildman–Crippen LogP) is 1.57. The van der Waals surface area contributed by atoms with Crippen LogP contribution in [0.2, 0.25) is 0 Å². The van der Waals surface area contributed by atoms with Crippen molar-refractivity contribution in [3.05, 3.63) is 24.0 Å². The number of pyridine rings is 1. The molecule has 8 heteroatoms. The minimum Gasteiger partial charge on any atom is -0.450 e. The Morgan fingerprint density at radius 2 is 1.82 bits per heavy atom. The van der Waals surface area contributed by atoms with Crippen molar-refractivity contribution in [1.29, 1.82) is 0 Å². The van der Waals surface area contributed by atoms with Gasteiger partial charge in [0.25, 0.3) is 5.91 Å². The molecule has 0 aliphatic carbocycles. The quantitative estimate of drug-likeness (QED) is 0.824. The molecule has 2 aliphatic rings. The van der Waals surface area contributed by atoms with Crippen LogP contribution in [-0.2, 0) is 4.74 Å². The highest BCUT2D eigenvalue weighted by Gasteiger charge is 2.25. The highest BCUT2D eigenvalue weighted by molar-refractivity contribution is 5.95. The fourth-order valence-corrected chi connectivity index (χ4v) is 3.74. The smallest absolute Gasteiger partial charge is 0.409 e. The van der Waals surface area contributed by atoms with E-state index < -0.39 is 0 Å². The summed E-state index contributed by atoms with van der Waals surface area (Å²) in [5.41, 5.74) is 1.59. The molecule has 2 aliphatic heterocycles. The van der Waals surface area contributed by atoms with Crippen molar-refractivity contribution in [3.63, 3.8) is 0 Å². The molecule has 0 radical (unpaired) electrons. The van der Waals surface area contributed by atoms with E-state index in [0.717, 1.165) is 51.3 Å². The molecule has 3 rings (SSSR count). The van der Waals surface area contributed by atoms with Gasteiger partial charge in [-0.2, -0.15) is 0 Å². The SMILES string of the molecule is CCOC(=O)N1CCC(NC(=O)c2cncc(N3CCN(CC)CC3)c2)CC1. The van der Waals surface area contributed by atoms with Crippen LogP contribution in [0.15, 0.2) is 18.5 Å². The van der Waals surface area contributed by atoms with Crippen molar-refractivity contribution in [3.8, 4) is 0 Å². The number of nitrogens with zero attached hydrogens (tertiary/aromatic N) is 4. The van der Waals surface area contributed by atoms with Crippen molar-refractivity contribution in [2.75, 3.05) is 57.3 Å². The number of likely N-dealkylation sites (N-methyl/N-ethyl adjacent to an activating group) is 1. The Hall–Kier alpha value is -2.35. The molecule has 1 aromatic heterocycles. The van der Waals surface area contributed by atoms with Crippen LogP contribution in [-0.4, -0.2) is 85.2 Å². The van der Waals surface area contributed by atoms with E-state index in [1.54, 1.807) is 18.0 Å². The number of aromatic nitrogens is 1. The summed E-state index contributed by atoms with van der Waals surface area (Å²) < 4.78 is 5.04. The second-order valence-corrected chi connectivity index (χ2v) is 7.29. The zero-order chi connectivity index (χ0) is 19.9. The Balaban J connectivity index is 1.52. The number of carbonyl (C=O) groups is 2. The molecule has 1 aromatic rings. The van der Waals surface area contributed by atoms with Crippen molar-refractivity contribution in [1.82, 2.24) is 20.1 Å². The molecule has 8 nitrogen and oxygen atoms in total. The number of anilines is 1. The molecule has 3 heterocycles. The summed E-state index contributed by atoms with van der Waals surface area (Å²) in [7, 11) is 0. The van der Waals surface area contributed by atoms with Crippen molar-refractivity contribution in [2.45, 2.75) is 32.7 Å². The first-order chi connectivity index (χ1) is 13.6. The van der Waals surface area contributed by atoms with E-state index in [-0.39, 0.29) is 18.0 Å². The maximum absolute atomic E-state index is 12.7. The fraction of sp³-hybridized carbons (Fsp3) is 0.650. The van der Waals surface area contributed by atoms with Gasteiger partial charge in [0.2, 0.25) is 0 Å². The van der Waals surface area contributed by atoms with E-state index in [1.807, 2.05) is 12.3 Å². The number of carbonyl (C=O) groups excluding carboxylic acids is 2. The van der Waals surface area contributed by atoms with Crippen LogP contribution in [0.25, 0.3) is 0 Å². The minimum atomic E-state index is -0.271. The van der Waals surface area contributed by atoms with Crippen LogP contribution >= 0.6 is 0 Å². The molecule has 0 atom stereocenters. The number of hydrogen-bond acceptors (Lipinski definition) is 6. The molecule has 2 amide bonds. The summed E-state index contributed by atoms with van der Waals surface area (Å²) in [5, 5.41) is 3.09. The highest BCUT2D eigenvalue weighted by atomic mass is 16.6. The van der Waals surface area contributed by atoms with Crippen LogP contribution in [0.1, 0.15) is 37.0 Å². The third-order valence-corrected chi connectivity index (χ3v) is 5.53. The summed E-state index contributed by atoms with van der Waals surface area (Å²) >= 11 is 0. The average Bonchev–Trinajstić information content (AvgIpc) is 2.74. The van der Waals surface area contributed by atoms with E-state index in [0.29, 0.717) is 25.3 Å². The van der Waals surface area contributed by atoms with Gasteiger partial charge in [0.15, 0.2) is 0 Å². The standard InChI is InChI=1S/C20H31N5O3/c1-3-23-9-11-24(12-10-23)18-13-16(14-21-15-18)19(26)22-17-5-7-25(8-6-17)20(27)28-4-2/h13-15,17H,3-12H2,1-2H3,(H,22,26). The van der Waals surface area contributed by atoms with E-state index >= 15 is 0 Å². The second-order valence-electron chi connectivity index (χ2n) is 7.29. The van der Waals surface area contributed by atoms with Gasteiger partial charge in [-0.1, -0.05) is 6.92 Å². The van der Waals surface area contributed by atoms with Crippen LogP contribution in [0, 0.1) is 0 Å². The van der Waals surface area contributed by atoms with E-state index in [2.05, 4.69) is 27.0 Å². The van der Waals surface area contributed by atoms with E-state index in [1.165, 1.54) is 0 Å². The fourth-order valence-electron chi connectivity index (χ4n) is 3.74. The normalized spacial score (nSPS) is 18.8. The molecule has 0 spiro atoms. The first-order valence-corrected chi connectivity index (χ1v) is 10.3. The lowest BCUT2D eigenvalue weighted by atomic mass is 10.0. The number of piperazine rings is 1. The summed E-state index contributed by atoms with van der Waals surface area (Å²) in [6.07, 6.45) is 4.64. The maximum atomic E-state index is 12.7. The van der Waals surface area contributed by atoms with Gasteiger partial charge in [-0.3, -0.25) is 9.78 Å². The van der Waals surface area contributed by atoms with Gasteiger partial charge < -0.3 is 24.8 Å². The maximum Gasteiger partial charge on any atom is 0.409 e. The van der Waals surface area contributed by atoms with Gasteiger partial charge in [0.05, 0.1) is 24.1 Å². The molecule has 2 saturated heterocycles.